The van der Waals surface area contributed by atoms with Gasteiger partial charge in [-0.1, -0.05) is 11.6 Å². The van der Waals surface area contributed by atoms with Crippen LogP contribution in [0.5, 0.6) is 0 Å². The van der Waals surface area contributed by atoms with E-state index in [2.05, 4.69) is 23.5 Å². The normalized spacial score (nSPS) is 23.2. The summed E-state index contributed by atoms with van der Waals surface area (Å²) in [6.07, 6.45) is 3.91. The summed E-state index contributed by atoms with van der Waals surface area (Å²) in [7, 11) is -3.68. The molecular formula is C18H26ClN3O3S2. The molecular weight excluding hydrogens is 406 g/mol. The lowest BCUT2D eigenvalue weighted by molar-refractivity contribution is -0.131. The highest BCUT2D eigenvalue weighted by atomic mass is 35.5. The molecule has 9 heteroatoms. The van der Waals surface area contributed by atoms with Crippen molar-refractivity contribution in [3.05, 3.63) is 26.8 Å². The lowest BCUT2D eigenvalue weighted by Crippen LogP contribution is -2.49. The van der Waals surface area contributed by atoms with Gasteiger partial charge >= 0.3 is 0 Å². The standard InChI is InChI=1S/C18H26ClN3O3S2/c1-13(2)21-9-5-14(6-10-21)22-11-7-16(18(22)23)20-27(24,25)12-8-15-3-4-17(19)26-15/h3-4,8,12-14,16,20H,5-7,9-11H2,1-2H3/b12-8+/t16-/m0/s1. The maximum absolute atomic E-state index is 12.7. The molecule has 1 atom stereocenters. The van der Waals surface area contributed by atoms with Gasteiger partial charge in [-0.05, 0) is 51.3 Å². The number of piperidine rings is 1. The van der Waals surface area contributed by atoms with E-state index in [0.29, 0.717) is 23.3 Å². The van der Waals surface area contributed by atoms with Crippen LogP contribution in [0.2, 0.25) is 4.34 Å². The molecule has 1 amide bonds. The number of rotatable bonds is 6. The first kappa shape index (κ1) is 20.8. The predicted molar refractivity (Wildman–Crippen MR) is 110 cm³/mol. The molecule has 1 aromatic rings. The molecule has 0 radical (unpaired) electrons. The van der Waals surface area contributed by atoms with Gasteiger partial charge in [0.1, 0.15) is 6.04 Å². The average Bonchev–Trinajstić information content (AvgIpc) is 3.19. The maximum Gasteiger partial charge on any atom is 0.241 e. The van der Waals surface area contributed by atoms with Crippen LogP contribution in [-0.4, -0.2) is 61.9 Å². The topological polar surface area (TPSA) is 69.7 Å². The molecule has 3 heterocycles. The van der Waals surface area contributed by atoms with Crippen molar-refractivity contribution in [3.63, 3.8) is 0 Å². The molecule has 2 fully saturated rings. The third kappa shape index (κ3) is 5.32. The minimum Gasteiger partial charge on any atom is -0.338 e. The second-order valence-corrected chi connectivity index (χ2v) is 10.7. The number of hydrogen-bond donors (Lipinski definition) is 1. The van der Waals surface area contributed by atoms with E-state index in [-0.39, 0.29) is 11.9 Å². The third-order valence-electron chi connectivity index (χ3n) is 5.22. The summed E-state index contributed by atoms with van der Waals surface area (Å²) in [6, 6.07) is 3.53. The van der Waals surface area contributed by atoms with Crippen LogP contribution in [-0.2, 0) is 14.8 Å². The summed E-state index contributed by atoms with van der Waals surface area (Å²) in [5.41, 5.74) is 0. The van der Waals surface area contributed by atoms with Crippen molar-refractivity contribution in [2.24, 2.45) is 0 Å². The van der Waals surface area contributed by atoms with E-state index < -0.39 is 16.1 Å². The van der Waals surface area contributed by atoms with Crippen LogP contribution < -0.4 is 4.72 Å². The van der Waals surface area contributed by atoms with Crippen molar-refractivity contribution < 1.29 is 13.2 Å². The van der Waals surface area contributed by atoms with Gasteiger partial charge in [-0.25, -0.2) is 8.42 Å². The molecule has 6 nitrogen and oxygen atoms in total. The van der Waals surface area contributed by atoms with Gasteiger partial charge in [-0.3, -0.25) is 4.79 Å². The van der Waals surface area contributed by atoms with E-state index >= 15 is 0 Å². The SMILES string of the molecule is CC(C)N1CCC(N2CC[C@H](NS(=O)(=O)/C=C/c3ccc(Cl)s3)C2=O)CC1. The van der Waals surface area contributed by atoms with Crippen molar-refractivity contribution in [2.45, 2.75) is 51.2 Å². The molecule has 2 saturated heterocycles. The number of nitrogens with zero attached hydrogens (tertiary/aromatic N) is 2. The molecule has 0 aromatic carbocycles. The van der Waals surface area contributed by atoms with Gasteiger partial charge < -0.3 is 9.80 Å². The molecule has 2 aliphatic heterocycles. The molecule has 2 aliphatic rings. The minimum absolute atomic E-state index is 0.103. The molecule has 0 bridgehead atoms. The zero-order chi connectivity index (χ0) is 19.6. The van der Waals surface area contributed by atoms with Gasteiger partial charge in [0.2, 0.25) is 15.9 Å². The fourth-order valence-corrected chi connectivity index (χ4v) is 5.77. The van der Waals surface area contributed by atoms with Crippen molar-refractivity contribution in [2.75, 3.05) is 19.6 Å². The lowest BCUT2D eigenvalue weighted by Gasteiger charge is -2.38. The van der Waals surface area contributed by atoms with Crippen molar-refractivity contribution in [1.29, 1.82) is 0 Å². The molecule has 150 valence electrons. The second-order valence-electron chi connectivity index (χ2n) is 7.34. The van der Waals surface area contributed by atoms with Gasteiger partial charge in [-0.15, -0.1) is 11.3 Å². The Balaban J connectivity index is 1.56. The number of nitrogens with one attached hydrogen (secondary N) is 1. The Morgan fingerprint density at radius 2 is 1.93 bits per heavy atom. The van der Waals surface area contributed by atoms with E-state index in [1.54, 1.807) is 12.1 Å². The molecule has 1 aromatic heterocycles. The highest BCUT2D eigenvalue weighted by molar-refractivity contribution is 7.92. The number of amides is 1. The second kappa shape index (κ2) is 8.61. The van der Waals surface area contributed by atoms with Crippen LogP contribution in [0.25, 0.3) is 6.08 Å². The van der Waals surface area contributed by atoms with Gasteiger partial charge in [0.15, 0.2) is 0 Å². The number of likely N-dealkylation sites (tertiary alicyclic amines) is 2. The first-order valence-electron chi connectivity index (χ1n) is 9.25. The van der Waals surface area contributed by atoms with E-state index in [1.807, 2.05) is 4.90 Å². The molecule has 0 aliphatic carbocycles. The average molecular weight is 432 g/mol. The maximum atomic E-state index is 12.7. The summed E-state index contributed by atoms with van der Waals surface area (Å²) >= 11 is 7.15. The monoisotopic (exact) mass is 431 g/mol. The minimum atomic E-state index is -3.68. The molecule has 0 spiro atoms. The number of halogens is 1. The summed E-state index contributed by atoms with van der Waals surface area (Å²) in [4.78, 5) is 17.8. The largest absolute Gasteiger partial charge is 0.338 e. The van der Waals surface area contributed by atoms with E-state index in [1.165, 1.54) is 17.4 Å². The van der Waals surface area contributed by atoms with Crippen molar-refractivity contribution >= 4 is 44.9 Å². The Kier molecular flexibility index (Phi) is 6.63. The van der Waals surface area contributed by atoms with Crippen LogP contribution in [0.15, 0.2) is 17.5 Å². The number of sulfonamides is 1. The number of carbonyl (C=O) groups is 1. The fraction of sp³-hybridized carbons (Fsp3) is 0.611. The van der Waals surface area contributed by atoms with Crippen LogP contribution in [0.3, 0.4) is 0 Å². The van der Waals surface area contributed by atoms with Crippen LogP contribution in [0.1, 0.15) is 38.0 Å². The Morgan fingerprint density at radius 1 is 1.22 bits per heavy atom. The van der Waals surface area contributed by atoms with Crippen LogP contribution in [0.4, 0.5) is 0 Å². The summed E-state index contributed by atoms with van der Waals surface area (Å²) < 4.78 is 27.8. The fourth-order valence-electron chi connectivity index (χ4n) is 3.70. The highest BCUT2D eigenvalue weighted by Crippen LogP contribution is 2.25. The Bertz CT molecular complexity index is 799. The van der Waals surface area contributed by atoms with E-state index in [4.69, 9.17) is 11.6 Å². The summed E-state index contributed by atoms with van der Waals surface area (Å²) in [5, 5.41) is 1.10. The summed E-state index contributed by atoms with van der Waals surface area (Å²) in [5.74, 6) is -0.103. The number of carbonyl (C=O) groups excluding carboxylic acids is 1. The Morgan fingerprint density at radius 3 is 2.52 bits per heavy atom. The Labute approximate surface area is 170 Å². The Hall–Kier alpha value is -0.930. The zero-order valence-corrected chi connectivity index (χ0v) is 18.0. The highest BCUT2D eigenvalue weighted by Gasteiger charge is 2.38. The van der Waals surface area contributed by atoms with Gasteiger partial charge in [0, 0.05) is 42.0 Å². The molecule has 27 heavy (non-hydrogen) atoms. The zero-order valence-electron chi connectivity index (χ0n) is 15.6. The van der Waals surface area contributed by atoms with Crippen LogP contribution in [0, 0.1) is 0 Å². The van der Waals surface area contributed by atoms with Crippen molar-refractivity contribution in [3.8, 4) is 0 Å². The number of hydrogen-bond acceptors (Lipinski definition) is 5. The summed E-state index contributed by atoms with van der Waals surface area (Å²) in [6.45, 7) is 6.94. The smallest absolute Gasteiger partial charge is 0.241 e. The van der Waals surface area contributed by atoms with Crippen LogP contribution >= 0.6 is 22.9 Å². The molecule has 1 N–H and O–H groups in total. The van der Waals surface area contributed by atoms with E-state index in [0.717, 1.165) is 36.2 Å². The molecule has 0 unspecified atom stereocenters. The van der Waals surface area contributed by atoms with Gasteiger partial charge in [0.25, 0.3) is 0 Å². The third-order valence-corrected chi connectivity index (χ3v) is 7.53. The van der Waals surface area contributed by atoms with Gasteiger partial charge in [-0.2, -0.15) is 4.72 Å². The molecule has 0 saturated carbocycles. The van der Waals surface area contributed by atoms with E-state index in [9.17, 15) is 13.2 Å². The number of thiophene rings is 1. The van der Waals surface area contributed by atoms with Gasteiger partial charge in [0.05, 0.1) is 4.34 Å². The first-order chi connectivity index (χ1) is 12.7. The molecule has 3 rings (SSSR count). The predicted octanol–water partition coefficient (Wildman–Crippen LogP) is 2.77. The lowest BCUT2D eigenvalue weighted by atomic mass is 10.0. The first-order valence-corrected chi connectivity index (χ1v) is 12.0. The van der Waals surface area contributed by atoms with Crippen molar-refractivity contribution in [1.82, 2.24) is 14.5 Å². The quantitative estimate of drug-likeness (QED) is 0.751.